The van der Waals surface area contributed by atoms with Gasteiger partial charge in [0.25, 0.3) is 11.3 Å². The monoisotopic (exact) mass is 440 g/mol. The van der Waals surface area contributed by atoms with Crippen molar-refractivity contribution in [3.05, 3.63) is 20.8 Å². The lowest BCUT2D eigenvalue weighted by Gasteiger charge is -2.27. The number of anilines is 1. The second-order valence-corrected chi connectivity index (χ2v) is 8.27. The van der Waals surface area contributed by atoms with Gasteiger partial charge in [-0.05, 0) is 49.5 Å². The lowest BCUT2D eigenvalue weighted by molar-refractivity contribution is 0.0263. The number of carbonyl (C=O) groups excluding carboxylic acids is 1. The quantitative estimate of drug-likeness (QED) is 0.768. The molecular formula is C17H25BrN6O3. The number of aryl methyl sites for hydroxylation is 1. The summed E-state index contributed by atoms with van der Waals surface area (Å²) in [5.74, 6) is 0.345. The average Bonchev–Trinajstić information content (AvgIpc) is 2.78. The summed E-state index contributed by atoms with van der Waals surface area (Å²) < 4.78 is 7.27. The number of aromatic amines is 1. The van der Waals surface area contributed by atoms with Crippen LogP contribution in [0.3, 0.4) is 0 Å². The minimum atomic E-state index is -0.528. The summed E-state index contributed by atoms with van der Waals surface area (Å²) >= 11 is 3.25. The van der Waals surface area contributed by atoms with Crippen LogP contribution in [0.25, 0.3) is 5.78 Å². The van der Waals surface area contributed by atoms with E-state index in [9.17, 15) is 9.59 Å². The SMILES string of the molecule is CCc1nc2nc(Br)[nH]n2c(=O)c1N1CCCN(C(=O)OC(C)(C)C)CC1. The standard InChI is InChI=1S/C17H25BrN6O3/c1-5-11-12(13(25)24-15(19-11)20-14(18)21-24)22-7-6-8-23(10-9-22)16(26)27-17(2,3)4/h5-10H2,1-4H3,(H,19,20,21). The molecule has 0 aromatic carbocycles. The molecule has 0 unspecified atom stereocenters. The van der Waals surface area contributed by atoms with Crippen LogP contribution in [0.2, 0.25) is 0 Å². The first-order chi connectivity index (χ1) is 12.7. The third-order valence-corrected chi connectivity index (χ3v) is 4.67. The first kappa shape index (κ1) is 19.7. The van der Waals surface area contributed by atoms with Crippen molar-refractivity contribution >= 4 is 33.5 Å². The Balaban J connectivity index is 1.86. The Morgan fingerprint density at radius 1 is 1.22 bits per heavy atom. The van der Waals surface area contributed by atoms with Gasteiger partial charge >= 0.3 is 6.09 Å². The number of fused-ring (bicyclic) bond motifs is 1. The smallest absolute Gasteiger partial charge is 0.410 e. The summed E-state index contributed by atoms with van der Waals surface area (Å²) in [5.41, 5.74) is 0.572. The molecule has 1 amide bonds. The molecule has 0 saturated carbocycles. The zero-order valence-corrected chi connectivity index (χ0v) is 17.7. The molecule has 2 aromatic rings. The molecule has 2 aromatic heterocycles. The van der Waals surface area contributed by atoms with Gasteiger partial charge in [-0.3, -0.25) is 9.89 Å². The largest absolute Gasteiger partial charge is 0.444 e. The maximum absolute atomic E-state index is 13.0. The number of rotatable bonds is 2. The van der Waals surface area contributed by atoms with Crippen molar-refractivity contribution in [1.29, 1.82) is 0 Å². The van der Waals surface area contributed by atoms with Crippen molar-refractivity contribution in [3.8, 4) is 0 Å². The van der Waals surface area contributed by atoms with Gasteiger partial charge < -0.3 is 14.5 Å². The highest BCUT2D eigenvalue weighted by atomic mass is 79.9. The van der Waals surface area contributed by atoms with E-state index in [1.807, 2.05) is 32.6 Å². The summed E-state index contributed by atoms with van der Waals surface area (Å²) in [6.45, 7) is 9.84. The summed E-state index contributed by atoms with van der Waals surface area (Å²) in [4.78, 5) is 37.8. The fraction of sp³-hybridized carbons (Fsp3) is 0.647. The van der Waals surface area contributed by atoms with Gasteiger partial charge in [-0.1, -0.05) is 6.92 Å². The van der Waals surface area contributed by atoms with Gasteiger partial charge in [-0.25, -0.2) is 9.78 Å². The van der Waals surface area contributed by atoms with E-state index in [0.29, 0.717) is 54.5 Å². The number of carbonyl (C=O) groups is 1. The lowest BCUT2D eigenvalue weighted by Crippen LogP contribution is -2.40. The maximum Gasteiger partial charge on any atom is 0.410 e. The third-order valence-electron chi connectivity index (χ3n) is 4.31. The van der Waals surface area contributed by atoms with E-state index in [1.54, 1.807) is 4.90 Å². The van der Waals surface area contributed by atoms with E-state index in [2.05, 4.69) is 31.0 Å². The molecule has 0 bridgehead atoms. The number of ether oxygens (including phenoxy) is 1. The molecule has 27 heavy (non-hydrogen) atoms. The first-order valence-corrected chi connectivity index (χ1v) is 9.89. The fourth-order valence-electron chi connectivity index (χ4n) is 3.14. The Hall–Kier alpha value is -2.10. The first-order valence-electron chi connectivity index (χ1n) is 9.09. The van der Waals surface area contributed by atoms with Gasteiger partial charge in [0, 0.05) is 26.2 Å². The summed E-state index contributed by atoms with van der Waals surface area (Å²) in [6, 6.07) is 0. The Morgan fingerprint density at radius 2 is 1.96 bits per heavy atom. The minimum absolute atomic E-state index is 0.180. The van der Waals surface area contributed by atoms with Crippen LogP contribution in [-0.2, 0) is 11.2 Å². The van der Waals surface area contributed by atoms with E-state index >= 15 is 0 Å². The number of nitrogens with one attached hydrogen (secondary N) is 1. The van der Waals surface area contributed by atoms with Gasteiger partial charge in [0.05, 0.1) is 5.69 Å². The van der Waals surface area contributed by atoms with Crippen LogP contribution in [0.4, 0.5) is 10.5 Å². The van der Waals surface area contributed by atoms with Crippen molar-refractivity contribution in [1.82, 2.24) is 24.5 Å². The van der Waals surface area contributed by atoms with Crippen LogP contribution in [-0.4, -0.2) is 62.4 Å². The molecule has 0 atom stereocenters. The zero-order valence-electron chi connectivity index (χ0n) is 16.1. The molecule has 10 heteroatoms. The molecule has 1 fully saturated rings. The molecule has 1 aliphatic heterocycles. The second kappa shape index (κ2) is 7.49. The van der Waals surface area contributed by atoms with Gasteiger partial charge in [0.15, 0.2) is 4.73 Å². The highest BCUT2D eigenvalue weighted by Gasteiger charge is 2.27. The maximum atomic E-state index is 13.0. The molecular weight excluding hydrogens is 416 g/mol. The molecule has 1 saturated heterocycles. The van der Waals surface area contributed by atoms with Crippen molar-refractivity contribution in [2.45, 2.75) is 46.1 Å². The van der Waals surface area contributed by atoms with Crippen molar-refractivity contribution in [2.24, 2.45) is 0 Å². The highest BCUT2D eigenvalue weighted by Crippen LogP contribution is 2.19. The predicted molar refractivity (Wildman–Crippen MR) is 105 cm³/mol. The molecule has 0 spiro atoms. The number of halogens is 1. The number of aromatic nitrogens is 4. The van der Waals surface area contributed by atoms with E-state index in [0.717, 1.165) is 6.42 Å². The predicted octanol–water partition coefficient (Wildman–Crippen LogP) is 2.19. The molecule has 148 valence electrons. The summed E-state index contributed by atoms with van der Waals surface area (Å²) in [6.07, 6.45) is 1.05. The summed E-state index contributed by atoms with van der Waals surface area (Å²) in [7, 11) is 0. The molecule has 1 N–H and O–H groups in total. The Morgan fingerprint density at radius 3 is 2.63 bits per heavy atom. The van der Waals surface area contributed by atoms with Crippen LogP contribution in [0, 0.1) is 0 Å². The normalized spacial score (nSPS) is 15.9. The molecule has 3 heterocycles. The van der Waals surface area contributed by atoms with Crippen LogP contribution in [0.1, 0.15) is 39.8 Å². The second-order valence-electron chi connectivity index (χ2n) is 7.52. The van der Waals surface area contributed by atoms with Gasteiger partial charge in [0.1, 0.15) is 11.3 Å². The van der Waals surface area contributed by atoms with E-state index in [4.69, 9.17) is 4.74 Å². The average molecular weight is 441 g/mol. The lowest BCUT2D eigenvalue weighted by atomic mass is 10.2. The molecule has 9 nitrogen and oxygen atoms in total. The van der Waals surface area contributed by atoms with Crippen LogP contribution in [0.15, 0.2) is 9.53 Å². The van der Waals surface area contributed by atoms with Gasteiger partial charge in [-0.15, -0.1) is 0 Å². The van der Waals surface area contributed by atoms with Crippen molar-refractivity contribution in [2.75, 3.05) is 31.1 Å². The summed E-state index contributed by atoms with van der Waals surface area (Å²) in [5, 5.41) is 2.86. The van der Waals surface area contributed by atoms with Crippen LogP contribution < -0.4 is 10.5 Å². The number of hydrogen-bond donors (Lipinski definition) is 1. The number of H-pyrrole nitrogens is 1. The van der Waals surface area contributed by atoms with Gasteiger partial charge in [-0.2, -0.15) is 9.50 Å². The highest BCUT2D eigenvalue weighted by molar-refractivity contribution is 9.10. The van der Waals surface area contributed by atoms with E-state index in [-0.39, 0.29) is 11.7 Å². The van der Waals surface area contributed by atoms with E-state index < -0.39 is 5.60 Å². The Labute approximate surface area is 165 Å². The Kier molecular flexibility index (Phi) is 5.45. The van der Waals surface area contributed by atoms with Crippen LogP contribution in [0.5, 0.6) is 0 Å². The molecule has 1 aliphatic rings. The van der Waals surface area contributed by atoms with Gasteiger partial charge in [0.2, 0.25) is 0 Å². The number of hydrogen-bond acceptors (Lipinski definition) is 6. The topological polar surface area (TPSA) is 95.8 Å². The van der Waals surface area contributed by atoms with E-state index in [1.165, 1.54) is 4.52 Å². The fourth-order valence-corrected chi connectivity index (χ4v) is 3.47. The number of nitrogens with zero attached hydrogens (tertiary/aromatic N) is 5. The Bertz CT molecular complexity index is 900. The van der Waals surface area contributed by atoms with Crippen molar-refractivity contribution in [3.63, 3.8) is 0 Å². The molecule has 0 aliphatic carbocycles. The minimum Gasteiger partial charge on any atom is -0.444 e. The molecule has 0 radical (unpaired) electrons. The molecule has 3 rings (SSSR count). The van der Waals surface area contributed by atoms with Crippen molar-refractivity contribution < 1.29 is 9.53 Å². The zero-order chi connectivity index (χ0) is 19.8. The number of amides is 1. The van der Waals surface area contributed by atoms with Crippen LogP contribution >= 0.6 is 15.9 Å². The third kappa shape index (κ3) is 4.26.